The highest BCUT2D eigenvalue weighted by Crippen LogP contribution is 1.88. The molecule has 0 aliphatic carbocycles. The molecule has 0 amide bonds. The second kappa shape index (κ2) is 11.7. The lowest BCUT2D eigenvalue weighted by molar-refractivity contribution is 0.908. The molecule has 0 radical (unpaired) electrons. The molecule has 0 fully saturated rings. The fourth-order valence-electron chi connectivity index (χ4n) is 0.384. The molecule has 0 aliphatic heterocycles. The zero-order valence-electron chi connectivity index (χ0n) is 7.89. The van der Waals surface area contributed by atoms with Crippen LogP contribution in [-0.2, 0) is 0 Å². The molecule has 0 aliphatic rings. The molecular weight excluding hydrogens is 136 g/mol. The third-order valence-corrected chi connectivity index (χ3v) is 0.912. The van der Waals surface area contributed by atoms with E-state index >= 15 is 0 Å². The average molecular weight is 154 g/mol. The maximum Gasteiger partial charge on any atom is 0.0536 e. The van der Waals surface area contributed by atoms with Gasteiger partial charge in [0.1, 0.15) is 0 Å². The Morgan fingerprint density at radius 2 is 2.00 bits per heavy atom. The predicted molar refractivity (Wildman–Crippen MR) is 52.9 cm³/mol. The molecule has 0 bridgehead atoms. The Bertz CT molecular complexity index is 134. The molecule has 0 heterocycles. The molecule has 0 aromatic carbocycles. The van der Waals surface area contributed by atoms with Crippen LogP contribution < -0.4 is 5.43 Å². The quantitative estimate of drug-likeness (QED) is 0.376. The summed E-state index contributed by atoms with van der Waals surface area (Å²) in [5, 5.41) is 3.80. The van der Waals surface area contributed by atoms with Gasteiger partial charge in [0.15, 0.2) is 0 Å². The van der Waals surface area contributed by atoms with Gasteiger partial charge in [-0.25, -0.2) is 0 Å². The predicted octanol–water partition coefficient (Wildman–Crippen LogP) is 2.35. The summed E-state index contributed by atoms with van der Waals surface area (Å²) < 4.78 is 0. The van der Waals surface area contributed by atoms with Crippen LogP contribution in [-0.4, -0.2) is 13.3 Å². The van der Waals surface area contributed by atoms with Gasteiger partial charge in [-0.1, -0.05) is 32.6 Å². The smallest absolute Gasteiger partial charge is 0.0536 e. The minimum atomic E-state index is 1.02. The van der Waals surface area contributed by atoms with E-state index in [1.54, 1.807) is 19.3 Å². The molecule has 0 unspecified atom stereocenters. The Labute approximate surface area is 69.7 Å². The van der Waals surface area contributed by atoms with Gasteiger partial charge < -0.3 is 5.43 Å². The number of nitrogens with zero attached hydrogens (tertiary/aromatic N) is 1. The summed E-state index contributed by atoms with van der Waals surface area (Å²) in [6, 6.07) is 0. The van der Waals surface area contributed by atoms with Gasteiger partial charge in [-0.3, -0.25) is 0 Å². The van der Waals surface area contributed by atoms with Crippen molar-refractivity contribution in [3.8, 4) is 0 Å². The summed E-state index contributed by atoms with van der Waals surface area (Å²) in [7, 11) is 1.76. The normalized spacial score (nSPS) is 10.4. The second-order valence-electron chi connectivity index (χ2n) is 1.47. The molecule has 0 saturated carbocycles. The Balaban J connectivity index is 0. The highest BCUT2D eigenvalue weighted by atomic mass is 15.3. The van der Waals surface area contributed by atoms with Crippen LogP contribution >= 0.6 is 0 Å². The van der Waals surface area contributed by atoms with E-state index in [2.05, 4.69) is 17.1 Å². The lowest BCUT2D eigenvalue weighted by atomic mass is 10.3. The zero-order chi connectivity index (χ0) is 9.11. The molecule has 0 saturated heterocycles. The van der Waals surface area contributed by atoms with Crippen molar-refractivity contribution in [3.63, 3.8) is 0 Å². The van der Waals surface area contributed by atoms with Crippen LogP contribution in [0.1, 0.15) is 20.8 Å². The third-order valence-electron chi connectivity index (χ3n) is 0.912. The number of hydrogen-bond acceptors (Lipinski definition) is 2. The van der Waals surface area contributed by atoms with Crippen molar-refractivity contribution in [2.75, 3.05) is 7.05 Å². The van der Waals surface area contributed by atoms with Crippen molar-refractivity contribution in [1.29, 1.82) is 0 Å². The van der Waals surface area contributed by atoms with E-state index in [9.17, 15) is 0 Å². The fraction of sp³-hybridized carbons (Fsp3) is 0.444. The lowest BCUT2D eigenvalue weighted by Crippen LogP contribution is -1.94. The summed E-state index contributed by atoms with van der Waals surface area (Å²) in [6.45, 7) is 9.54. The first-order valence-electron chi connectivity index (χ1n) is 3.83. The van der Waals surface area contributed by atoms with Crippen LogP contribution in [0.15, 0.2) is 29.4 Å². The van der Waals surface area contributed by atoms with E-state index in [1.165, 1.54) is 0 Å². The number of hydrazone groups is 1. The van der Waals surface area contributed by atoms with E-state index in [0.717, 1.165) is 5.57 Å². The van der Waals surface area contributed by atoms with Crippen molar-refractivity contribution in [3.05, 3.63) is 24.3 Å². The summed E-state index contributed by atoms with van der Waals surface area (Å²) >= 11 is 0. The summed E-state index contributed by atoms with van der Waals surface area (Å²) in [4.78, 5) is 0. The highest BCUT2D eigenvalue weighted by Gasteiger charge is 1.77. The Morgan fingerprint density at radius 3 is 2.27 bits per heavy atom. The van der Waals surface area contributed by atoms with Crippen LogP contribution in [0.3, 0.4) is 0 Å². The first kappa shape index (κ1) is 12.6. The standard InChI is InChI=1S/C7H12N2.C2H6/c1-4-7(5-2)6-9-8-3;1-2/h4-6,8H,1H2,2-3H3;1-2H3/b7-5+,9-6+;. The minimum Gasteiger partial charge on any atom is -0.313 e. The highest BCUT2D eigenvalue weighted by molar-refractivity contribution is 5.81. The largest absolute Gasteiger partial charge is 0.313 e. The zero-order valence-corrected chi connectivity index (χ0v) is 7.89. The molecule has 2 heteroatoms. The molecule has 0 aromatic heterocycles. The average Bonchev–Trinajstić information content (AvgIpc) is 2.10. The van der Waals surface area contributed by atoms with Gasteiger partial charge in [-0.15, -0.1) is 0 Å². The first-order chi connectivity index (χ1) is 5.35. The molecule has 64 valence electrons. The summed E-state index contributed by atoms with van der Waals surface area (Å²) in [5.74, 6) is 0. The van der Waals surface area contributed by atoms with Gasteiger partial charge in [-0.2, -0.15) is 5.10 Å². The lowest BCUT2D eigenvalue weighted by Gasteiger charge is -1.87. The third kappa shape index (κ3) is 8.95. The number of hydrogen-bond donors (Lipinski definition) is 1. The molecule has 2 nitrogen and oxygen atoms in total. The Hall–Kier alpha value is -1.05. The van der Waals surface area contributed by atoms with E-state index in [1.807, 2.05) is 26.8 Å². The van der Waals surface area contributed by atoms with Gasteiger partial charge in [0.05, 0.1) is 6.21 Å². The second-order valence-corrected chi connectivity index (χ2v) is 1.47. The van der Waals surface area contributed by atoms with Gasteiger partial charge in [0.25, 0.3) is 0 Å². The van der Waals surface area contributed by atoms with Crippen LogP contribution in [0, 0.1) is 0 Å². The van der Waals surface area contributed by atoms with E-state index in [-0.39, 0.29) is 0 Å². The monoisotopic (exact) mass is 154 g/mol. The summed E-state index contributed by atoms with van der Waals surface area (Å²) in [6.07, 6.45) is 5.40. The molecule has 0 aromatic rings. The SMILES string of the molecule is C=CC(/C=N/NC)=C\C.CC. The molecule has 0 atom stereocenters. The van der Waals surface area contributed by atoms with Crippen LogP contribution in [0.5, 0.6) is 0 Å². The van der Waals surface area contributed by atoms with E-state index in [0.29, 0.717) is 0 Å². The number of allylic oxidation sites excluding steroid dienone is 3. The van der Waals surface area contributed by atoms with Gasteiger partial charge in [0, 0.05) is 7.05 Å². The van der Waals surface area contributed by atoms with Crippen molar-refractivity contribution < 1.29 is 0 Å². The maximum atomic E-state index is 3.80. The molecular formula is C9H18N2. The van der Waals surface area contributed by atoms with E-state index < -0.39 is 0 Å². The minimum absolute atomic E-state index is 1.02. The van der Waals surface area contributed by atoms with Gasteiger partial charge >= 0.3 is 0 Å². The topological polar surface area (TPSA) is 24.4 Å². The molecule has 1 N–H and O–H groups in total. The van der Waals surface area contributed by atoms with Crippen molar-refractivity contribution >= 4 is 6.21 Å². The Kier molecular flexibility index (Phi) is 13.4. The first-order valence-corrected chi connectivity index (χ1v) is 3.83. The van der Waals surface area contributed by atoms with Crippen molar-refractivity contribution in [1.82, 2.24) is 5.43 Å². The van der Waals surface area contributed by atoms with Gasteiger partial charge in [0.2, 0.25) is 0 Å². The van der Waals surface area contributed by atoms with E-state index in [4.69, 9.17) is 0 Å². The maximum absolute atomic E-state index is 3.80. The van der Waals surface area contributed by atoms with Crippen molar-refractivity contribution in [2.45, 2.75) is 20.8 Å². The molecule has 11 heavy (non-hydrogen) atoms. The number of nitrogens with one attached hydrogen (secondary N) is 1. The van der Waals surface area contributed by atoms with Crippen LogP contribution in [0.25, 0.3) is 0 Å². The van der Waals surface area contributed by atoms with Crippen LogP contribution in [0.4, 0.5) is 0 Å². The summed E-state index contributed by atoms with van der Waals surface area (Å²) in [5.41, 5.74) is 3.67. The fourth-order valence-corrected chi connectivity index (χ4v) is 0.384. The Morgan fingerprint density at radius 1 is 1.45 bits per heavy atom. The molecule has 0 spiro atoms. The number of rotatable bonds is 3. The van der Waals surface area contributed by atoms with Crippen LogP contribution in [0.2, 0.25) is 0 Å². The molecule has 0 rings (SSSR count). The van der Waals surface area contributed by atoms with Crippen molar-refractivity contribution in [2.24, 2.45) is 5.10 Å². The van der Waals surface area contributed by atoms with Gasteiger partial charge in [-0.05, 0) is 12.5 Å².